The molecule has 0 aromatic carbocycles. The summed E-state index contributed by atoms with van der Waals surface area (Å²) in [5.41, 5.74) is 3.88. The van der Waals surface area contributed by atoms with Gasteiger partial charge in [-0.1, -0.05) is 0 Å². The van der Waals surface area contributed by atoms with E-state index in [1.807, 2.05) is 12.3 Å². The third kappa shape index (κ3) is 1.23. The van der Waals surface area contributed by atoms with E-state index >= 15 is 0 Å². The molecule has 0 aliphatic heterocycles. The van der Waals surface area contributed by atoms with Gasteiger partial charge in [-0.05, 0) is 29.7 Å². The molecule has 3 heterocycles. The summed E-state index contributed by atoms with van der Waals surface area (Å²) < 4.78 is 1.70. The molecule has 84 valence electrons. The third-order valence-electron chi connectivity index (χ3n) is 3.08. The summed E-state index contributed by atoms with van der Waals surface area (Å²) in [7, 11) is 0. The van der Waals surface area contributed by atoms with Gasteiger partial charge in [0.1, 0.15) is 6.07 Å². The van der Waals surface area contributed by atoms with Crippen molar-refractivity contribution < 1.29 is 0 Å². The average Bonchev–Trinajstić information content (AvgIpc) is 3.07. The van der Waals surface area contributed by atoms with E-state index in [0.29, 0.717) is 5.56 Å². The molecule has 0 unspecified atom stereocenters. The molecule has 0 fully saturated rings. The molecule has 3 aromatic heterocycles. The number of nitriles is 1. The zero-order valence-corrected chi connectivity index (χ0v) is 9.33. The number of pyridine rings is 2. The Labute approximate surface area is 102 Å². The van der Waals surface area contributed by atoms with Crippen molar-refractivity contribution in [2.75, 3.05) is 0 Å². The van der Waals surface area contributed by atoms with Crippen molar-refractivity contribution in [3.05, 3.63) is 47.4 Å². The minimum Gasteiger partial charge on any atom is -0.237 e. The number of hydrogen-bond donors (Lipinski definition) is 0. The first-order valence-corrected chi connectivity index (χ1v) is 5.57. The van der Waals surface area contributed by atoms with Crippen LogP contribution in [0.25, 0.3) is 16.9 Å². The zero-order chi connectivity index (χ0) is 12.1. The summed E-state index contributed by atoms with van der Waals surface area (Å²) >= 11 is 0. The van der Waals surface area contributed by atoms with Crippen molar-refractivity contribution in [2.45, 2.75) is 6.42 Å². The third-order valence-corrected chi connectivity index (χ3v) is 3.08. The Morgan fingerprint density at radius 1 is 1.11 bits per heavy atom. The van der Waals surface area contributed by atoms with Crippen molar-refractivity contribution in [2.24, 2.45) is 0 Å². The largest absolute Gasteiger partial charge is 0.237 e. The van der Waals surface area contributed by atoms with Crippen molar-refractivity contribution >= 4 is 11.0 Å². The predicted molar refractivity (Wildman–Crippen MR) is 64.2 cm³/mol. The maximum absolute atomic E-state index is 8.83. The van der Waals surface area contributed by atoms with Gasteiger partial charge in [0.05, 0.1) is 11.8 Å². The quantitative estimate of drug-likeness (QED) is 0.500. The molecule has 0 radical (unpaired) electrons. The van der Waals surface area contributed by atoms with Gasteiger partial charge in [-0.2, -0.15) is 15.0 Å². The summed E-state index contributed by atoms with van der Waals surface area (Å²) in [5, 5.41) is 14.0. The zero-order valence-electron chi connectivity index (χ0n) is 9.33. The van der Waals surface area contributed by atoms with Gasteiger partial charge in [0.15, 0.2) is 11.5 Å². The van der Waals surface area contributed by atoms with Crippen molar-refractivity contribution in [3.8, 4) is 11.9 Å². The van der Waals surface area contributed by atoms with E-state index in [1.54, 1.807) is 23.1 Å². The highest BCUT2D eigenvalue weighted by Gasteiger charge is 2.19. The second-order valence-electron chi connectivity index (χ2n) is 4.29. The van der Waals surface area contributed by atoms with Gasteiger partial charge in [-0.25, -0.2) is 9.97 Å². The van der Waals surface area contributed by atoms with Crippen LogP contribution in [0, 0.1) is 11.3 Å². The van der Waals surface area contributed by atoms with Crippen LogP contribution in [0.5, 0.6) is 0 Å². The molecule has 0 amide bonds. The maximum Gasteiger partial charge on any atom is 0.164 e. The number of rotatable bonds is 1. The van der Waals surface area contributed by atoms with Crippen LogP contribution in [0.3, 0.4) is 0 Å². The standard InChI is InChI=1S/C13H7N5/c14-4-8-1-11-7-17-18(13(11)16-5-8)12-3-9-2-10(9)6-15-12/h1,3,5-7H,2H2. The molecule has 0 saturated heterocycles. The molecular weight excluding hydrogens is 226 g/mol. The number of aromatic nitrogens is 4. The number of nitrogens with zero attached hydrogens (tertiary/aromatic N) is 5. The molecule has 1 aliphatic carbocycles. The van der Waals surface area contributed by atoms with E-state index in [-0.39, 0.29) is 0 Å². The average molecular weight is 233 g/mol. The molecular formula is C13H7N5. The lowest BCUT2D eigenvalue weighted by Gasteiger charge is -2.00. The molecule has 5 heteroatoms. The summed E-state index contributed by atoms with van der Waals surface area (Å²) in [5.74, 6) is 0.776. The van der Waals surface area contributed by atoms with Crippen molar-refractivity contribution in [1.29, 1.82) is 5.26 Å². The molecule has 0 bridgehead atoms. The van der Waals surface area contributed by atoms with Crippen LogP contribution in [-0.2, 0) is 6.42 Å². The lowest BCUT2D eigenvalue weighted by Crippen LogP contribution is -1.99. The molecule has 0 N–H and O–H groups in total. The second-order valence-corrected chi connectivity index (χ2v) is 4.29. The van der Waals surface area contributed by atoms with E-state index in [0.717, 1.165) is 23.3 Å². The second kappa shape index (κ2) is 3.14. The number of hydrogen-bond acceptors (Lipinski definition) is 4. The minimum absolute atomic E-state index is 0.537. The molecule has 4 rings (SSSR count). The van der Waals surface area contributed by atoms with Crippen LogP contribution in [0.1, 0.15) is 16.7 Å². The van der Waals surface area contributed by atoms with Crippen LogP contribution in [-0.4, -0.2) is 19.7 Å². The Kier molecular flexibility index (Phi) is 1.62. The maximum atomic E-state index is 8.83. The van der Waals surface area contributed by atoms with E-state index in [2.05, 4.69) is 21.1 Å². The summed E-state index contributed by atoms with van der Waals surface area (Å²) in [6.45, 7) is 0. The lowest BCUT2D eigenvalue weighted by molar-refractivity contribution is 0.864. The fourth-order valence-electron chi connectivity index (χ4n) is 2.04. The molecule has 0 spiro atoms. The molecule has 5 nitrogen and oxygen atoms in total. The van der Waals surface area contributed by atoms with Gasteiger partial charge in [-0.15, -0.1) is 0 Å². The molecule has 3 aromatic rings. The Balaban J connectivity index is 1.94. The van der Waals surface area contributed by atoms with Crippen molar-refractivity contribution in [3.63, 3.8) is 0 Å². The Bertz CT molecular complexity index is 825. The van der Waals surface area contributed by atoms with Gasteiger partial charge in [0.2, 0.25) is 0 Å². The fraction of sp³-hybridized carbons (Fsp3) is 0.0769. The Morgan fingerprint density at radius 2 is 2.06 bits per heavy atom. The minimum atomic E-state index is 0.537. The first-order chi connectivity index (χ1) is 8.85. The van der Waals surface area contributed by atoms with Crippen LogP contribution in [0.2, 0.25) is 0 Å². The van der Waals surface area contributed by atoms with Gasteiger partial charge < -0.3 is 0 Å². The van der Waals surface area contributed by atoms with Crippen molar-refractivity contribution in [1.82, 2.24) is 19.7 Å². The highest BCUT2D eigenvalue weighted by Crippen LogP contribution is 2.28. The Hall–Kier alpha value is -2.74. The van der Waals surface area contributed by atoms with Crippen LogP contribution in [0.4, 0.5) is 0 Å². The number of fused-ring (bicyclic) bond motifs is 2. The lowest BCUT2D eigenvalue weighted by atomic mass is 10.2. The predicted octanol–water partition coefficient (Wildman–Crippen LogP) is 1.59. The fourth-order valence-corrected chi connectivity index (χ4v) is 2.04. The Morgan fingerprint density at radius 3 is 2.89 bits per heavy atom. The van der Waals surface area contributed by atoms with Gasteiger partial charge >= 0.3 is 0 Å². The van der Waals surface area contributed by atoms with Crippen LogP contribution < -0.4 is 0 Å². The highest BCUT2D eigenvalue weighted by atomic mass is 15.3. The van der Waals surface area contributed by atoms with E-state index in [9.17, 15) is 0 Å². The van der Waals surface area contributed by atoms with Crippen LogP contribution in [0.15, 0.2) is 30.7 Å². The molecule has 1 aliphatic rings. The van der Waals surface area contributed by atoms with Gasteiger partial charge in [-0.3, -0.25) is 0 Å². The molecule has 0 saturated carbocycles. The first-order valence-electron chi connectivity index (χ1n) is 5.57. The van der Waals surface area contributed by atoms with E-state index in [1.165, 1.54) is 11.1 Å². The SMILES string of the molecule is N#Cc1cnc2c(cnn2-c2cc3c(cn2)C3)c1. The smallest absolute Gasteiger partial charge is 0.164 e. The summed E-state index contributed by atoms with van der Waals surface area (Å²) in [6.07, 6.45) is 6.16. The van der Waals surface area contributed by atoms with E-state index in [4.69, 9.17) is 5.26 Å². The highest BCUT2D eigenvalue weighted by molar-refractivity contribution is 5.77. The van der Waals surface area contributed by atoms with Crippen LogP contribution >= 0.6 is 0 Å². The normalized spacial score (nSPS) is 12.2. The molecule has 18 heavy (non-hydrogen) atoms. The topological polar surface area (TPSA) is 67.4 Å². The molecule has 0 atom stereocenters. The van der Waals surface area contributed by atoms with Gasteiger partial charge in [0, 0.05) is 17.8 Å². The monoisotopic (exact) mass is 233 g/mol. The first kappa shape index (κ1) is 9.31. The van der Waals surface area contributed by atoms with E-state index < -0.39 is 0 Å². The summed E-state index contributed by atoms with van der Waals surface area (Å²) in [6, 6.07) is 5.88. The summed E-state index contributed by atoms with van der Waals surface area (Å²) in [4.78, 5) is 8.63. The van der Waals surface area contributed by atoms with Gasteiger partial charge in [0.25, 0.3) is 0 Å².